The molecule has 0 spiro atoms. The van der Waals surface area contributed by atoms with Gasteiger partial charge in [-0.25, -0.2) is 0 Å². The molecule has 0 aliphatic heterocycles. The van der Waals surface area contributed by atoms with Crippen LogP contribution in [-0.2, 0) is 0 Å². The van der Waals surface area contributed by atoms with Gasteiger partial charge in [-0.3, -0.25) is 0 Å². The molecule has 1 aromatic rings. The molecule has 0 aliphatic rings. The average molecular weight is 291 g/mol. The molecule has 0 saturated heterocycles. The highest BCUT2D eigenvalue weighted by Crippen LogP contribution is 2.24. The van der Waals surface area contributed by atoms with Crippen molar-refractivity contribution in [3.63, 3.8) is 0 Å². The van der Waals surface area contributed by atoms with Crippen LogP contribution in [-0.4, -0.2) is 23.6 Å². The highest BCUT2D eigenvalue weighted by atomic mass is 16.4. The van der Waals surface area contributed by atoms with Crippen LogP contribution in [0, 0.1) is 12.8 Å². The fourth-order valence-corrected chi connectivity index (χ4v) is 2.76. The Morgan fingerprint density at radius 2 is 1.90 bits per heavy atom. The van der Waals surface area contributed by atoms with Gasteiger partial charge in [-0.1, -0.05) is 32.9 Å². The van der Waals surface area contributed by atoms with Gasteiger partial charge in [0.05, 0.1) is 0 Å². The molecule has 0 bridgehead atoms. The number of benzene rings is 1. The lowest BCUT2D eigenvalue weighted by Crippen LogP contribution is -2.37. The third-order valence-electron chi connectivity index (χ3n) is 3.87. The second-order valence-corrected chi connectivity index (χ2v) is 6.00. The van der Waals surface area contributed by atoms with Gasteiger partial charge in [0.25, 0.3) is 0 Å². The van der Waals surface area contributed by atoms with Crippen molar-refractivity contribution < 1.29 is 5.21 Å². The van der Waals surface area contributed by atoms with Crippen LogP contribution >= 0.6 is 0 Å². The molecule has 1 rings (SSSR count). The Morgan fingerprint density at radius 3 is 2.33 bits per heavy atom. The number of nitrogens with zero attached hydrogens (tertiary/aromatic N) is 2. The number of nitrogens with two attached hydrogens (primary N) is 1. The van der Waals surface area contributed by atoms with Crippen molar-refractivity contribution in [3.05, 3.63) is 29.3 Å². The number of aryl methyl sites for hydroxylation is 1. The highest BCUT2D eigenvalue weighted by Gasteiger charge is 2.18. The Bertz CT molecular complexity index is 479. The van der Waals surface area contributed by atoms with E-state index >= 15 is 0 Å². The number of rotatable bonds is 7. The average Bonchev–Trinajstić information content (AvgIpc) is 2.46. The summed E-state index contributed by atoms with van der Waals surface area (Å²) in [4.78, 5) is 2.48. The summed E-state index contributed by atoms with van der Waals surface area (Å²) >= 11 is 0. The van der Waals surface area contributed by atoms with E-state index in [0.29, 0.717) is 12.0 Å². The van der Waals surface area contributed by atoms with Crippen LogP contribution in [0.4, 0.5) is 5.69 Å². The van der Waals surface area contributed by atoms with Gasteiger partial charge in [0.1, 0.15) is 0 Å². The third kappa shape index (κ3) is 4.38. The van der Waals surface area contributed by atoms with E-state index in [-0.39, 0.29) is 5.84 Å². The maximum absolute atomic E-state index is 8.83. The predicted molar refractivity (Wildman–Crippen MR) is 90.2 cm³/mol. The van der Waals surface area contributed by atoms with E-state index in [4.69, 9.17) is 10.9 Å². The monoisotopic (exact) mass is 291 g/mol. The van der Waals surface area contributed by atoms with E-state index in [0.717, 1.165) is 30.5 Å². The van der Waals surface area contributed by atoms with Gasteiger partial charge in [-0.15, -0.1) is 0 Å². The molecule has 0 atom stereocenters. The summed E-state index contributed by atoms with van der Waals surface area (Å²) in [6, 6.07) is 6.69. The van der Waals surface area contributed by atoms with Gasteiger partial charge >= 0.3 is 0 Å². The Hall–Kier alpha value is -1.71. The van der Waals surface area contributed by atoms with Crippen LogP contribution < -0.4 is 10.6 Å². The summed E-state index contributed by atoms with van der Waals surface area (Å²) in [5.74, 6) is 0.770. The minimum Gasteiger partial charge on any atom is -0.409 e. The first kappa shape index (κ1) is 17.3. The van der Waals surface area contributed by atoms with Crippen molar-refractivity contribution in [1.82, 2.24) is 0 Å². The normalized spacial score (nSPS) is 12.2. The molecule has 0 radical (unpaired) electrons. The maximum Gasteiger partial charge on any atom is 0.170 e. The fourth-order valence-electron chi connectivity index (χ4n) is 2.76. The standard InChI is InChI=1S/C17H29N3O/c1-6-14(7-2)20(11-12(3)4)15-8-9-16(13(5)10-15)17(18)19-21/h8-10,12,14,21H,6-7,11H2,1-5H3,(H2,18,19). The van der Waals surface area contributed by atoms with Gasteiger partial charge in [0.15, 0.2) is 5.84 Å². The van der Waals surface area contributed by atoms with Crippen LogP contribution in [0.3, 0.4) is 0 Å². The molecule has 0 aromatic heterocycles. The van der Waals surface area contributed by atoms with E-state index in [2.05, 4.69) is 49.9 Å². The molecule has 3 N–H and O–H groups in total. The largest absolute Gasteiger partial charge is 0.409 e. The molecule has 0 amide bonds. The van der Waals surface area contributed by atoms with E-state index in [1.807, 2.05) is 13.0 Å². The van der Waals surface area contributed by atoms with Crippen LogP contribution in [0.25, 0.3) is 0 Å². The summed E-state index contributed by atoms with van der Waals surface area (Å²) < 4.78 is 0. The summed E-state index contributed by atoms with van der Waals surface area (Å²) in [7, 11) is 0. The Morgan fingerprint density at radius 1 is 1.29 bits per heavy atom. The predicted octanol–water partition coefficient (Wildman–Crippen LogP) is 3.74. The minimum atomic E-state index is 0.164. The zero-order valence-corrected chi connectivity index (χ0v) is 13.9. The minimum absolute atomic E-state index is 0.164. The number of hydrogen-bond donors (Lipinski definition) is 2. The first-order valence-electron chi connectivity index (χ1n) is 7.79. The van der Waals surface area contributed by atoms with Crippen LogP contribution in [0.2, 0.25) is 0 Å². The van der Waals surface area contributed by atoms with Gasteiger partial charge in [-0.2, -0.15) is 0 Å². The maximum atomic E-state index is 8.83. The third-order valence-corrected chi connectivity index (χ3v) is 3.87. The van der Waals surface area contributed by atoms with Crippen molar-refractivity contribution in [3.8, 4) is 0 Å². The van der Waals surface area contributed by atoms with Gasteiger partial charge < -0.3 is 15.8 Å². The lowest BCUT2D eigenvalue weighted by molar-refractivity contribution is 0.318. The molecule has 0 saturated carbocycles. The number of oxime groups is 1. The number of amidine groups is 1. The molecule has 118 valence electrons. The highest BCUT2D eigenvalue weighted by molar-refractivity contribution is 5.98. The fraction of sp³-hybridized carbons (Fsp3) is 0.588. The summed E-state index contributed by atoms with van der Waals surface area (Å²) in [6.07, 6.45) is 2.26. The second kappa shape index (κ2) is 7.91. The first-order chi connectivity index (χ1) is 9.94. The molecule has 1 aromatic carbocycles. The summed E-state index contributed by atoms with van der Waals surface area (Å²) in [5.41, 5.74) is 8.73. The van der Waals surface area contributed by atoms with Crippen molar-refractivity contribution in [2.24, 2.45) is 16.8 Å². The molecule has 0 fully saturated rings. The molecule has 0 aliphatic carbocycles. The van der Waals surface area contributed by atoms with E-state index in [1.54, 1.807) is 0 Å². The molecule has 4 nitrogen and oxygen atoms in total. The number of anilines is 1. The van der Waals surface area contributed by atoms with Crippen LogP contribution in [0.1, 0.15) is 51.7 Å². The molecule has 21 heavy (non-hydrogen) atoms. The molecule has 0 heterocycles. The van der Waals surface area contributed by atoms with Crippen molar-refractivity contribution in [2.75, 3.05) is 11.4 Å². The van der Waals surface area contributed by atoms with Gasteiger partial charge in [0, 0.05) is 23.8 Å². The van der Waals surface area contributed by atoms with E-state index < -0.39 is 0 Å². The second-order valence-electron chi connectivity index (χ2n) is 6.00. The molecule has 4 heteroatoms. The molecular weight excluding hydrogens is 262 g/mol. The summed E-state index contributed by atoms with van der Waals surface area (Å²) in [5, 5.41) is 11.9. The Balaban J connectivity index is 3.16. The lowest BCUT2D eigenvalue weighted by atomic mass is 10.0. The SMILES string of the molecule is CCC(CC)N(CC(C)C)c1ccc(/C(N)=N/O)c(C)c1. The van der Waals surface area contributed by atoms with Gasteiger partial charge in [0.2, 0.25) is 0 Å². The van der Waals surface area contributed by atoms with Crippen molar-refractivity contribution >= 4 is 11.5 Å². The van der Waals surface area contributed by atoms with Gasteiger partial charge in [-0.05, 0) is 49.4 Å². The lowest BCUT2D eigenvalue weighted by Gasteiger charge is -2.34. The first-order valence-corrected chi connectivity index (χ1v) is 7.79. The Labute approximate surface area is 128 Å². The zero-order valence-electron chi connectivity index (χ0n) is 13.9. The van der Waals surface area contributed by atoms with E-state index in [1.165, 1.54) is 5.69 Å². The van der Waals surface area contributed by atoms with Crippen molar-refractivity contribution in [1.29, 1.82) is 0 Å². The van der Waals surface area contributed by atoms with E-state index in [9.17, 15) is 0 Å². The van der Waals surface area contributed by atoms with Crippen LogP contribution in [0.5, 0.6) is 0 Å². The zero-order chi connectivity index (χ0) is 16.0. The Kier molecular flexibility index (Phi) is 6.53. The molecular formula is C17H29N3O. The molecule has 0 unspecified atom stereocenters. The number of hydrogen-bond acceptors (Lipinski definition) is 3. The smallest absolute Gasteiger partial charge is 0.170 e. The quantitative estimate of drug-likeness (QED) is 0.348. The van der Waals surface area contributed by atoms with Crippen molar-refractivity contribution in [2.45, 2.75) is 53.5 Å². The summed E-state index contributed by atoms with van der Waals surface area (Å²) in [6.45, 7) is 12.0. The topological polar surface area (TPSA) is 61.8 Å². The van der Waals surface area contributed by atoms with Crippen LogP contribution in [0.15, 0.2) is 23.4 Å².